The van der Waals surface area contributed by atoms with E-state index in [9.17, 15) is 8.42 Å². The van der Waals surface area contributed by atoms with Crippen LogP contribution in [0.2, 0.25) is 0 Å². The van der Waals surface area contributed by atoms with E-state index in [0.29, 0.717) is 26.2 Å². The van der Waals surface area contributed by atoms with Crippen LogP contribution in [-0.4, -0.2) is 43.9 Å². The van der Waals surface area contributed by atoms with Gasteiger partial charge >= 0.3 is 0 Å². The van der Waals surface area contributed by atoms with E-state index in [0.717, 1.165) is 0 Å². The average molecular weight is 289 g/mol. The summed E-state index contributed by atoms with van der Waals surface area (Å²) >= 11 is 0. The number of rotatable bonds is 2. The van der Waals surface area contributed by atoms with Gasteiger partial charge in [-0.2, -0.15) is 9.57 Å². The van der Waals surface area contributed by atoms with Gasteiger partial charge in [0.15, 0.2) is 5.03 Å². The van der Waals surface area contributed by atoms with E-state index in [1.54, 1.807) is 6.07 Å². The summed E-state index contributed by atoms with van der Waals surface area (Å²) in [5, 5.41) is 11.8. The van der Waals surface area contributed by atoms with E-state index < -0.39 is 10.0 Å². The molecule has 1 N–H and O–H groups in total. The maximum atomic E-state index is 12.3. The molecule has 0 spiro atoms. The number of halogens is 1. The van der Waals surface area contributed by atoms with Gasteiger partial charge < -0.3 is 5.32 Å². The zero-order valence-corrected chi connectivity index (χ0v) is 11.2. The van der Waals surface area contributed by atoms with Crippen molar-refractivity contribution in [3.63, 3.8) is 0 Å². The highest BCUT2D eigenvalue weighted by Gasteiger charge is 2.29. The lowest BCUT2D eigenvalue weighted by Gasteiger charge is -2.26. The minimum atomic E-state index is -3.65. The van der Waals surface area contributed by atoms with Crippen molar-refractivity contribution in [1.29, 1.82) is 5.26 Å². The molecule has 1 aliphatic rings. The number of aromatic nitrogens is 1. The summed E-state index contributed by atoms with van der Waals surface area (Å²) < 4.78 is 25.9. The first-order valence-corrected chi connectivity index (χ1v) is 6.66. The van der Waals surface area contributed by atoms with Crippen LogP contribution in [0.15, 0.2) is 23.4 Å². The molecule has 0 unspecified atom stereocenters. The molecule has 0 aliphatic carbocycles. The van der Waals surface area contributed by atoms with Gasteiger partial charge in [0.2, 0.25) is 0 Å². The summed E-state index contributed by atoms with van der Waals surface area (Å²) in [4.78, 5) is 3.82. The lowest BCUT2D eigenvalue weighted by molar-refractivity contribution is 0.359. The van der Waals surface area contributed by atoms with Crippen molar-refractivity contribution in [2.45, 2.75) is 5.03 Å². The molecule has 2 rings (SSSR count). The van der Waals surface area contributed by atoms with Crippen LogP contribution in [0, 0.1) is 11.3 Å². The van der Waals surface area contributed by atoms with Crippen molar-refractivity contribution in [2.75, 3.05) is 26.2 Å². The summed E-state index contributed by atoms with van der Waals surface area (Å²) in [6.45, 7) is 2.05. The van der Waals surface area contributed by atoms with E-state index in [4.69, 9.17) is 5.26 Å². The molecule has 18 heavy (non-hydrogen) atoms. The molecule has 0 aromatic carbocycles. The number of nitriles is 1. The first-order valence-electron chi connectivity index (χ1n) is 5.22. The normalized spacial score (nSPS) is 16.6. The molecule has 2 heterocycles. The highest BCUT2D eigenvalue weighted by atomic mass is 35.5. The van der Waals surface area contributed by atoms with Gasteiger partial charge in [0.1, 0.15) is 6.07 Å². The van der Waals surface area contributed by atoms with Gasteiger partial charge in [-0.1, -0.05) is 0 Å². The number of nitrogens with one attached hydrogen (secondary N) is 1. The number of sulfonamides is 1. The third-order valence-electron chi connectivity index (χ3n) is 2.55. The first-order chi connectivity index (χ1) is 8.16. The number of nitrogens with zero attached hydrogens (tertiary/aromatic N) is 3. The van der Waals surface area contributed by atoms with Crippen LogP contribution in [0.3, 0.4) is 0 Å². The second kappa shape index (κ2) is 6.11. The van der Waals surface area contributed by atoms with Gasteiger partial charge in [0.05, 0.1) is 5.56 Å². The molecule has 0 bridgehead atoms. The van der Waals surface area contributed by atoms with Crippen molar-refractivity contribution in [1.82, 2.24) is 14.6 Å². The number of hydrogen-bond donors (Lipinski definition) is 1. The van der Waals surface area contributed by atoms with Crippen LogP contribution in [-0.2, 0) is 10.0 Å². The molecular formula is C10H13ClN4O2S. The molecule has 6 nitrogen and oxygen atoms in total. The molecule has 0 saturated carbocycles. The van der Waals surface area contributed by atoms with E-state index in [2.05, 4.69) is 10.3 Å². The maximum Gasteiger partial charge on any atom is 0.261 e. The zero-order chi connectivity index (χ0) is 12.3. The number of piperazine rings is 1. The Morgan fingerprint density at radius 3 is 2.67 bits per heavy atom. The standard InChI is InChI=1S/C10H12N4O2S.ClH/c11-8-9-2-1-3-13-10(9)17(15,16)14-6-4-12-5-7-14;/h1-3,12H,4-7H2;1H. The Morgan fingerprint density at radius 2 is 2.06 bits per heavy atom. The monoisotopic (exact) mass is 288 g/mol. The SMILES string of the molecule is Cl.N#Cc1cccnc1S(=O)(=O)N1CCNCC1. The predicted molar refractivity (Wildman–Crippen MR) is 67.8 cm³/mol. The Kier molecular flexibility index (Phi) is 5.04. The highest BCUT2D eigenvalue weighted by molar-refractivity contribution is 7.89. The minimum absolute atomic E-state index is 0. The molecule has 98 valence electrons. The Morgan fingerprint density at radius 1 is 1.39 bits per heavy atom. The van der Waals surface area contributed by atoms with E-state index >= 15 is 0 Å². The Hall–Kier alpha value is -1.20. The highest BCUT2D eigenvalue weighted by Crippen LogP contribution is 2.17. The van der Waals surface area contributed by atoms with E-state index in [-0.39, 0.29) is 23.0 Å². The Labute approximate surface area is 112 Å². The summed E-state index contributed by atoms with van der Waals surface area (Å²) in [5.41, 5.74) is 0.0889. The quantitative estimate of drug-likeness (QED) is 0.826. The first kappa shape index (κ1) is 14.9. The molecule has 8 heteroatoms. The van der Waals surface area contributed by atoms with Gasteiger partial charge in [-0.05, 0) is 12.1 Å². The van der Waals surface area contributed by atoms with Gasteiger partial charge in [-0.3, -0.25) is 0 Å². The van der Waals surface area contributed by atoms with Crippen molar-refractivity contribution in [3.05, 3.63) is 23.9 Å². The van der Waals surface area contributed by atoms with Crippen LogP contribution in [0.1, 0.15) is 5.56 Å². The van der Waals surface area contributed by atoms with Crippen LogP contribution < -0.4 is 5.32 Å². The fourth-order valence-corrected chi connectivity index (χ4v) is 3.18. The Balaban J connectivity index is 0.00000162. The third-order valence-corrected chi connectivity index (χ3v) is 4.41. The number of hydrogen-bond acceptors (Lipinski definition) is 5. The average Bonchev–Trinajstić information content (AvgIpc) is 2.39. The summed E-state index contributed by atoms with van der Waals surface area (Å²) in [6, 6.07) is 4.87. The van der Waals surface area contributed by atoms with E-state index in [1.807, 2.05) is 6.07 Å². The zero-order valence-electron chi connectivity index (χ0n) is 9.54. The van der Waals surface area contributed by atoms with Crippen LogP contribution in [0.4, 0.5) is 0 Å². The lowest BCUT2D eigenvalue weighted by atomic mass is 10.3. The molecule has 1 aliphatic heterocycles. The lowest BCUT2D eigenvalue weighted by Crippen LogP contribution is -2.46. The summed E-state index contributed by atoms with van der Waals surface area (Å²) in [6.07, 6.45) is 1.38. The smallest absolute Gasteiger partial charge is 0.261 e. The van der Waals surface area contributed by atoms with Crippen molar-refractivity contribution in [3.8, 4) is 6.07 Å². The van der Waals surface area contributed by atoms with Gasteiger partial charge in [0, 0.05) is 32.4 Å². The molecule has 1 aromatic rings. The molecule has 0 amide bonds. The minimum Gasteiger partial charge on any atom is -0.314 e. The van der Waals surface area contributed by atoms with Crippen LogP contribution in [0.25, 0.3) is 0 Å². The molecular weight excluding hydrogens is 276 g/mol. The maximum absolute atomic E-state index is 12.3. The topological polar surface area (TPSA) is 86.1 Å². The van der Waals surface area contributed by atoms with Crippen molar-refractivity contribution in [2.24, 2.45) is 0 Å². The molecule has 1 aromatic heterocycles. The molecule has 1 saturated heterocycles. The summed E-state index contributed by atoms with van der Waals surface area (Å²) in [7, 11) is -3.65. The van der Waals surface area contributed by atoms with Gasteiger partial charge in [-0.25, -0.2) is 13.4 Å². The molecule has 0 radical (unpaired) electrons. The summed E-state index contributed by atoms with van der Waals surface area (Å²) in [5.74, 6) is 0. The molecule has 1 fully saturated rings. The molecule has 0 atom stereocenters. The van der Waals surface area contributed by atoms with Crippen LogP contribution in [0.5, 0.6) is 0 Å². The fraction of sp³-hybridized carbons (Fsp3) is 0.400. The largest absolute Gasteiger partial charge is 0.314 e. The van der Waals surface area contributed by atoms with Crippen LogP contribution >= 0.6 is 12.4 Å². The van der Waals surface area contributed by atoms with Gasteiger partial charge in [0.25, 0.3) is 10.0 Å². The second-order valence-electron chi connectivity index (χ2n) is 3.62. The van der Waals surface area contributed by atoms with Gasteiger partial charge in [-0.15, -0.1) is 12.4 Å². The predicted octanol–water partition coefficient (Wildman–Crippen LogP) is -0.0310. The van der Waals surface area contributed by atoms with Crippen molar-refractivity contribution >= 4 is 22.4 Å². The fourth-order valence-electron chi connectivity index (χ4n) is 1.69. The van der Waals surface area contributed by atoms with Crippen molar-refractivity contribution < 1.29 is 8.42 Å². The third kappa shape index (κ3) is 2.79. The second-order valence-corrected chi connectivity index (χ2v) is 5.48. The van der Waals surface area contributed by atoms with E-state index in [1.165, 1.54) is 16.6 Å². The number of pyridine rings is 1. The Bertz CT molecular complexity index is 549.